The minimum atomic E-state index is -0.180. The number of hydrogen-bond donors (Lipinski definition) is 2. The van der Waals surface area contributed by atoms with Gasteiger partial charge < -0.3 is 25.6 Å². The molecule has 2 fully saturated rings. The van der Waals surface area contributed by atoms with Crippen LogP contribution in [0.4, 0.5) is 22.7 Å². The van der Waals surface area contributed by atoms with Gasteiger partial charge in [0.1, 0.15) is 0 Å². The Labute approximate surface area is 200 Å². The smallest absolute Gasteiger partial charge is 0.222 e. The zero-order chi connectivity index (χ0) is 22.9. The molecule has 0 radical (unpaired) electrons. The van der Waals surface area contributed by atoms with E-state index in [1.165, 1.54) is 43.7 Å². The van der Waals surface area contributed by atoms with E-state index >= 15 is 0 Å². The van der Waals surface area contributed by atoms with Gasteiger partial charge in [-0.1, -0.05) is 25.6 Å². The quantitative estimate of drug-likeness (QED) is 0.575. The van der Waals surface area contributed by atoms with Gasteiger partial charge >= 0.3 is 0 Å². The van der Waals surface area contributed by atoms with Crippen molar-refractivity contribution in [3.05, 3.63) is 35.4 Å². The molecule has 0 aromatic heterocycles. The van der Waals surface area contributed by atoms with Crippen molar-refractivity contribution >= 4 is 40.4 Å². The molecule has 0 aliphatic carbocycles. The second-order valence-electron chi connectivity index (χ2n) is 9.18. The lowest BCUT2D eigenvalue weighted by molar-refractivity contribution is -0.122. The minimum absolute atomic E-state index is 0.0606. The van der Waals surface area contributed by atoms with Crippen molar-refractivity contribution in [1.29, 1.82) is 0 Å². The number of anilines is 4. The van der Waals surface area contributed by atoms with Crippen LogP contribution in [0.25, 0.3) is 0 Å². The maximum Gasteiger partial charge on any atom is 0.222 e. The topological polar surface area (TPSA) is 70.8 Å². The fourth-order valence-corrected chi connectivity index (χ4v) is 6.36. The first kappa shape index (κ1) is 22.4. The van der Waals surface area contributed by atoms with E-state index in [0.717, 1.165) is 58.5 Å². The van der Waals surface area contributed by atoms with Crippen LogP contribution in [0.5, 0.6) is 0 Å². The van der Waals surface area contributed by atoms with E-state index < -0.39 is 0 Å². The Balaban J connectivity index is 1.49. The van der Waals surface area contributed by atoms with Crippen molar-refractivity contribution in [2.45, 2.75) is 49.3 Å². The molecular weight excluding hydrogens is 432 g/mol. The van der Waals surface area contributed by atoms with Crippen molar-refractivity contribution in [2.24, 2.45) is 11.7 Å². The summed E-state index contributed by atoms with van der Waals surface area (Å²) in [5, 5.41) is 3.81. The average molecular weight is 467 g/mol. The highest BCUT2D eigenvalue weighted by atomic mass is 32.2. The standard InChI is InChI=1S/C26H34N4O2S/c1-3-17-12-20(29-8-10-32-11-9-29)14-22-24(17)28-25-18(4-2)13-21(15-23(25)33-22)30-7-5-6-19(16-30)26(27)31/h12-15,19,28H,3-11,16H2,1-2H3,(H2,27,31). The second-order valence-corrected chi connectivity index (χ2v) is 10.3. The molecule has 2 saturated heterocycles. The van der Waals surface area contributed by atoms with Gasteiger partial charge in [0.15, 0.2) is 0 Å². The lowest BCUT2D eigenvalue weighted by Crippen LogP contribution is -2.41. The second kappa shape index (κ2) is 9.47. The summed E-state index contributed by atoms with van der Waals surface area (Å²) >= 11 is 1.87. The molecule has 2 aromatic carbocycles. The number of fused-ring (bicyclic) bond motifs is 2. The molecule has 1 atom stereocenters. The molecule has 33 heavy (non-hydrogen) atoms. The molecular formula is C26H34N4O2S. The van der Waals surface area contributed by atoms with E-state index in [4.69, 9.17) is 10.5 Å². The highest BCUT2D eigenvalue weighted by Gasteiger charge is 2.27. The normalized spacial score (nSPS) is 20.1. The van der Waals surface area contributed by atoms with Crippen molar-refractivity contribution in [3.8, 4) is 0 Å². The number of nitrogens with two attached hydrogens (primary N) is 1. The van der Waals surface area contributed by atoms with Crippen molar-refractivity contribution in [2.75, 3.05) is 54.5 Å². The summed E-state index contributed by atoms with van der Waals surface area (Å²) < 4.78 is 5.56. The van der Waals surface area contributed by atoms with Gasteiger partial charge in [0.25, 0.3) is 0 Å². The van der Waals surface area contributed by atoms with Crippen LogP contribution in [0.15, 0.2) is 34.1 Å². The van der Waals surface area contributed by atoms with Gasteiger partial charge in [0, 0.05) is 47.3 Å². The third-order valence-corrected chi connectivity index (χ3v) is 8.22. The molecule has 5 rings (SSSR count). The Morgan fingerprint density at radius 2 is 1.61 bits per heavy atom. The highest BCUT2D eigenvalue weighted by molar-refractivity contribution is 7.99. The van der Waals surface area contributed by atoms with Crippen molar-refractivity contribution in [1.82, 2.24) is 0 Å². The number of amides is 1. The molecule has 0 saturated carbocycles. The largest absolute Gasteiger partial charge is 0.378 e. The summed E-state index contributed by atoms with van der Waals surface area (Å²) in [6.07, 6.45) is 3.85. The maximum absolute atomic E-state index is 11.8. The zero-order valence-electron chi connectivity index (χ0n) is 19.7. The van der Waals surface area contributed by atoms with Crippen LogP contribution < -0.4 is 20.9 Å². The summed E-state index contributed by atoms with van der Waals surface area (Å²) in [5.74, 6) is -0.240. The predicted molar refractivity (Wildman–Crippen MR) is 136 cm³/mol. The number of carbonyl (C=O) groups excluding carboxylic acids is 1. The molecule has 0 spiro atoms. The Kier molecular flexibility index (Phi) is 6.43. The molecule has 1 unspecified atom stereocenters. The van der Waals surface area contributed by atoms with Crippen molar-refractivity contribution < 1.29 is 9.53 Å². The van der Waals surface area contributed by atoms with Crippen LogP contribution in [-0.4, -0.2) is 45.3 Å². The number of primary amides is 1. The van der Waals surface area contributed by atoms with Gasteiger partial charge in [-0.25, -0.2) is 0 Å². The predicted octanol–water partition coefficient (Wildman–Crippen LogP) is 4.56. The van der Waals surface area contributed by atoms with E-state index in [9.17, 15) is 4.79 Å². The lowest BCUT2D eigenvalue weighted by Gasteiger charge is -2.35. The number of rotatable bonds is 5. The minimum Gasteiger partial charge on any atom is -0.378 e. The molecule has 1 amide bonds. The molecule has 3 aliphatic heterocycles. The van der Waals surface area contributed by atoms with E-state index in [1.54, 1.807) is 0 Å². The first-order valence-corrected chi connectivity index (χ1v) is 13.0. The van der Waals surface area contributed by atoms with Crippen LogP contribution in [0.2, 0.25) is 0 Å². The Bertz CT molecular complexity index is 1050. The number of benzene rings is 2. The first-order chi connectivity index (χ1) is 16.1. The number of nitrogens with one attached hydrogen (secondary N) is 1. The number of ether oxygens (including phenoxy) is 1. The first-order valence-electron chi connectivity index (χ1n) is 12.2. The molecule has 176 valence electrons. The highest BCUT2D eigenvalue weighted by Crippen LogP contribution is 2.50. The summed E-state index contributed by atoms with van der Waals surface area (Å²) in [7, 11) is 0. The molecule has 2 aromatic rings. The molecule has 3 N–H and O–H groups in total. The van der Waals surface area contributed by atoms with Crippen molar-refractivity contribution in [3.63, 3.8) is 0 Å². The van der Waals surface area contributed by atoms with E-state index in [1.807, 2.05) is 11.8 Å². The van der Waals surface area contributed by atoms with E-state index in [-0.39, 0.29) is 11.8 Å². The molecule has 7 heteroatoms. The third kappa shape index (κ3) is 4.41. The summed E-state index contributed by atoms with van der Waals surface area (Å²) in [6.45, 7) is 9.60. The number of piperidine rings is 1. The van der Waals surface area contributed by atoms with Gasteiger partial charge in [-0.05, 0) is 61.1 Å². The number of carbonyl (C=O) groups is 1. The van der Waals surface area contributed by atoms with E-state index in [0.29, 0.717) is 6.54 Å². The van der Waals surface area contributed by atoms with Crippen LogP contribution >= 0.6 is 11.8 Å². The number of aryl methyl sites for hydroxylation is 2. The van der Waals surface area contributed by atoms with Crippen LogP contribution in [0, 0.1) is 5.92 Å². The van der Waals surface area contributed by atoms with Gasteiger partial charge in [-0.15, -0.1) is 0 Å². The summed E-state index contributed by atoms with van der Waals surface area (Å²) in [5.41, 5.74) is 13.3. The lowest BCUT2D eigenvalue weighted by atomic mass is 9.96. The third-order valence-electron chi connectivity index (χ3n) is 7.13. The van der Waals surface area contributed by atoms with Gasteiger partial charge in [0.05, 0.1) is 30.5 Å². The number of morpholine rings is 1. The fourth-order valence-electron chi connectivity index (χ4n) is 5.19. The average Bonchev–Trinajstić information content (AvgIpc) is 2.86. The number of nitrogens with zero attached hydrogens (tertiary/aromatic N) is 2. The van der Waals surface area contributed by atoms with Gasteiger partial charge in [-0.2, -0.15) is 0 Å². The van der Waals surface area contributed by atoms with Crippen LogP contribution in [0.3, 0.4) is 0 Å². The monoisotopic (exact) mass is 466 g/mol. The van der Waals surface area contributed by atoms with Crippen LogP contribution in [0.1, 0.15) is 37.8 Å². The van der Waals surface area contributed by atoms with E-state index in [2.05, 4.69) is 53.2 Å². The summed E-state index contributed by atoms with van der Waals surface area (Å²) in [4.78, 5) is 19.1. The SMILES string of the molecule is CCc1cc(N2CCOCC2)cc2c1Nc1c(CC)cc(N3CCCC(C(N)=O)C3)cc1S2. The molecule has 6 nitrogen and oxygen atoms in total. The molecule has 0 bridgehead atoms. The zero-order valence-corrected chi connectivity index (χ0v) is 20.5. The fraction of sp³-hybridized carbons (Fsp3) is 0.500. The summed E-state index contributed by atoms with van der Waals surface area (Å²) in [6, 6.07) is 9.28. The van der Waals surface area contributed by atoms with Gasteiger partial charge in [0.2, 0.25) is 5.91 Å². The number of hydrogen-bond acceptors (Lipinski definition) is 6. The Hall–Kier alpha value is -2.38. The Morgan fingerprint density at radius 3 is 2.18 bits per heavy atom. The molecule has 3 aliphatic rings. The van der Waals surface area contributed by atoms with Gasteiger partial charge in [-0.3, -0.25) is 4.79 Å². The molecule has 3 heterocycles. The van der Waals surface area contributed by atoms with Crippen LogP contribution in [-0.2, 0) is 22.4 Å². The Morgan fingerprint density at radius 1 is 1.00 bits per heavy atom. The maximum atomic E-state index is 11.8.